The number of amides is 1. The topological polar surface area (TPSA) is 86.2 Å². The van der Waals surface area contributed by atoms with Crippen LogP contribution >= 0.6 is 11.3 Å². The summed E-state index contributed by atoms with van der Waals surface area (Å²) < 4.78 is 16.8. The van der Waals surface area contributed by atoms with E-state index in [4.69, 9.17) is 14.2 Å². The number of hydrazone groups is 1. The van der Waals surface area contributed by atoms with Gasteiger partial charge in [-0.1, -0.05) is 18.2 Å². The lowest BCUT2D eigenvalue weighted by molar-refractivity contribution is -0.121. The van der Waals surface area contributed by atoms with Crippen LogP contribution in [0.3, 0.4) is 0 Å². The third kappa shape index (κ3) is 5.72. The summed E-state index contributed by atoms with van der Waals surface area (Å²) >= 11 is 1.63. The Morgan fingerprint density at radius 1 is 0.969 bits per heavy atom. The van der Waals surface area contributed by atoms with Gasteiger partial charge in [0.25, 0.3) is 0 Å². The average molecular weight is 455 g/mol. The first-order valence-electron chi connectivity index (χ1n) is 10.1. The fourth-order valence-corrected chi connectivity index (χ4v) is 4.19. The molecule has 1 amide bonds. The van der Waals surface area contributed by atoms with Crippen LogP contribution in [0.15, 0.2) is 52.9 Å². The minimum absolute atomic E-state index is 0.0264. The van der Waals surface area contributed by atoms with E-state index < -0.39 is 0 Å². The third-order valence-corrected chi connectivity index (χ3v) is 5.90. The first kappa shape index (κ1) is 23.4. The number of nitrogens with zero attached hydrogens (tertiary/aromatic N) is 1. The molecule has 3 rings (SSSR count). The van der Waals surface area contributed by atoms with E-state index in [0.29, 0.717) is 30.1 Å². The molecule has 3 aromatic rings. The highest BCUT2D eigenvalue weighted by Gasteiger charge is 2.14. The Bertz CT molecular complexity index is 1120. The Balaban J connectivity index is 1.65. The number of carbonyl (C=O) groups excluding carboxylic acids is 2. The third-order valence-electron chi connectivity index (χ3n) is 4.94. The van der Waals surface area contributed by atoms with Gasteiger partial charge in [0.05, 0.1) is 26.5 Å². The predicted molar refractivity (Wildman–Crippen MR) is 126 cm³/mol. The zero-order valence-corrected chi connectivity index (χ0v) is 19.2. The summed E-state index contributed by atoms with van der Waals surface area (Å²) in [6.45, 7) is 0.483. The predicted octanol–water partition coefficient (Wildman–Crippen LogP) is 4.44. The Morgan fingerprint density at radius 3 is 2.50 bits per heavy atom. The second kappa shape index (κ2) is 11.4. The summed E-state index contributed by atoms with van der Waals surface area (Å²) in [6, 6.07) is 13.0. The van der Waals surface area contributed by atoms with E-state index in [1.807, 2.05) is 23.6 Å². The summed E-state index contributed by atoms with van der Waals surface area (Å²) in [5.74, 6) is 0.528. The van der Waals surface area contributed by atoms with Crippen LogP contribution in [0.5, 0.6) is 11.5 Å². The Hall–Kier alpha value is -3.23. The minimum atomic E-state index is -0.326. The van der Waals surface area contributed by atoms with Gasteiger partial charge >= 0.3 is 0 Å². The largest absolute Gasteiger partial charge is 0.493 e. The summed E-state index contributed by atoms with van der Waals surface area (Å²) in [5.41, 5.74) is 4.77. The van der Waals surface area contributed by atoms with Crippen LogP contribution in [0.1, 0.15) is 35.2 Å². The first-order valence-corrected chi connectivity index (χ1v) is 11.0. The maximum absolute atomic E-state index is 12.5. The second-order valence-electron chi connectivity index (χ2n) is 6.97. The molecular formula is C24H26N2O5S. The molecule has 168 valence electrons. The van der Waals surface area contributed by atoms with E-state index in [1.54, 1.807) is 36.6 Å². The lowest BCUT2D eigenvalue weighted by atomic mass is 10.1. The van der Waals surface area contributed by atoms with E-state index >= 15 is 0 Å². The number of hydrogen-bond acceptors (Lipinski definition) is 7. The van der Waals surface area contributed by atoms with E-state index in [2.05, 4.69) is 16.6 Å². The molecular weight excluding hydrogens is 428 g/mol. The lowest BCUT2D eigenvalue weighted by Gasteiger charge is -2.09. The van der Waals surface area contributed by atoms with Crippen molar-refractivity contribution in [2.24, 2.45) is 5.10 Å². The van der Waals surface area contributed by atoms with Crippen LogP contribution in [0.4, 0.5) is 0 Å². The summed E-state index contributed by atoms with van der Waals surface area (Å²) in [7, 11) is 4.67. The van der Waals surface area contributed by atoms with Gasteiger partial charge in [0.15, 0.2) is 17.3 Å². The SMILES string of the molecule is COCC/C(=N/NC(=O)CCC(=O)c1ccc(OC)c(OC)c1)c1csc2ccccc12. The van der Waals surface area contributed by atoms with Gasteiger partial charge in [0, 0.05) is 53.0 Å². The number of rotatable bonds is 11. The molecule has 0 aliphatic rings. The van der Waals surface area contributed by atoms with Crippen molar-refractivity contribution in [3.8, 4) is 11.5 Å². The van der Waals surface area contributed by atoms with Crippen molar-refractivity contribution in [3.05, 3.63) is 59.0 Å². The van der Waals surface area contributed by atoms with E-state index in [0.717, 1.165) is 21.4 Å². The summed E-state index contributed by atoms with van der Waals surface area (Å²) in [5, 5.41) is 7.47. The number of benzene rings is 2. The Kier molecular flexibility index (Phi) is 8.35. The number of ether oxygens (including phenoxy) is 3. The van der Waals surface area contributed by atoms with Gasteiger partial charge in [0.2, 0.25) is 5.91 Å². The van der Waals surface area contributed by atoms with Crippen LogP contribution < -0.4 is 14.9 Å². The smallest absolute Gasteiger partial charge is 0.240 e. The monoisotopic (exact) mass is 454 g/mol. The van der Waals surface area contributed by atoms with Crippen molar-refractivity contribution < 1.29 is 23.8 Å². The van der Waals surface area contributed by atoms with Crippen LogP contribution in [-0.4, -0.2) is 45.3 Å². The summed E-state index contributed by atoms with van der Waals surface area (Å²) in [4.78, 5) is 24.9. The van der Waals surface area contributed by atoms with Crippen LogP contribution in [0, 0.1) is 0 Å². The molecule has 8 heteroatoms. The van der Waals surface area contributed by atoms with Crippen molar-refractivity contribution >= 4 is 38.8 Å². The van der Waals surface area contributed by atoms with Crippen molar-refractivity contribution in [1.82, 2.24) is 5.43 Å². The molecule has 0 saturated heterocycles. The van der Waals surface area contributed by atoms with Gasteiger partial charge in [-0.3, -0.25) is 9.59 Å². The van der Waals surface area contributed by atoms with Gasteiger partial charge in [-0.25, -0.2) is 5.43 Å². The molecule has 1 heterocycles. The number of carbonyl (C=O) groups is 2. The molecule has 0 unspecified atom stereocenters. The number of methoxy groups -OCH3 is 3. The highest BCUT2D eigenvalue weighted by Crippen LogP contribution is 2.28. The molecule has 32 heavy (non-hydrogen) atoms. The van der Waals surface area contributed by atoms with Crippen LogP contribution in [-0.2, 0) is 9.53 Å². The maximum atomic E-state index is 12.5. The fraction of sp³-hybridized carbons (Fsp3) is 0.292. The molecule has 0 atom stereocenters. The Labute approximate surface area is 191 Å². The van der Waals surface area contributed by atoms with Gasteiger partial charge in [-0.2, -0.15) is 5.10 Å². The molecule has 1 N–H and O–H groups in total. The number of ketones is 1. The normalized spacial score (nSPS) is 11.4. The number of thiophene rings is 1. The van der Waals surface area contributed by atoms with Crippen LogP contribution in [0.25, 0.3) is 10.1 Å². The molecule has 7 nitrogen and oxygen atoms in total. The zero-order chi connectivity index (χ0) is 22.9. The molecule has 1 aromatic heterocycles. The zero-order valence-electron chi connectivity index (χ0n) is 18.3. The molecule has 0 spiro atoms. The van der Waals surface area contributed by atoms with Gasteiger partial charge in [-0.15, -0.1) is 11.3 Å². The lowest BCUT2D eigenvalue weighted by Crippen LogP contribution is -2.21. The highest BCUT2D eigenvalue weighted by molar-refractivity contribution is 7.17. The summed E-state index contributed by atoms with van der Waals surface area (Å²) in [6.07, 6.45) is 0.645. The van der Waals surface area contributed by atoms with Crippen molar-refractivity contribution in [1.29, 1.82) is 0 Å². The van der Waals surface area contributed by atoms with E-state index in [1.165, 1.54) is 14.2 Å². The number of Topliss-reactive ketones (excluding diaryl/α,β-unsaturated/α-hetero) is 1. The van der Waals surface area contributed by atoms with Crippen molar-refractivity contribution in [2.45, 2.75) is 19.3 Å². The van der Waals surface area contributed by atoms with Crippen molar-refractivity contribution in [2.75, 3.05) is 27.9 Å². The highest BCUT2D eigenvalue weighted by atomic mass is 32.1. The molecule has 0 fully saturated rings. The minimum Gasteiger partial charge on any atom is -0.493 e. The molecule has 0 saturated carbocycles. The molecule has 0 radical (unpaired) electrons. The number of nitrogens with one attached hydrogen (secondary N) is 1. The standard InChI is InChI=1S/C24H26N2O5S/c1-29-13-12-19(18-15-32-23-7-5-4-6-17(18)23)25-26-24(28)11-9-20(27)16-8-10-21(30-2)22(14-16)31-3/h4-8,10,14-15H,9,11-13H2,1-3H3,(H,26,28)/b25-19-. The van der Waals surface area contributed by atoms with Crippen molar-refractivity contribution in [3.63, 3.8) is 0 Å². The van der Waals surface area contributed by atoms with Gasteiger partial charge < -0.3 is 14.2 Å². The Morgan fingerprint density at radius 2 is 1.75 bits per heavy atom. The fourth-order valence-electron chi connectivity index (χ4n) is 3.22. The first-order chi connectivity index (χ1) is 15.6. The molecule has 2 aromatic carbocycles. The second-order valence-corrected chi connectivity index (χ2v) is 7.89. The number of hydrogen-bond donors (Lipinski definition) is 1. The van der Waals surface area contributed by atoms with Gasteiger partial charge in [-0.05, 0) is 24.3 Å². The molecule has 0 bridgehead atoms. The maximum Gasteiger partial charge on any atom is 0.240 e. The molecule has 0 aliphatic carbocycles. The van der Waals surface area contributed by atoms with Crippen LogP contribution in [0.2, 0.25) is 0 Å². The number of fused-ring (bicyclic) bond motifs is 1. The van der Waals surface area contributed by atoms with E-state index in [-0.39, 0.29) is 24.5 Å². The van der Waals surface area contributed by atoms with E-state index in [9.17, 15) is 9.59 Å². The quantitative estimate of drug-likeness (QED) is 0.263. The molecule has 0 aliphatic heterocycles. The average Bonchev–Trinajstić information content (AvgIpc) is 3.26. The van der Waals surface area contributed by atoms with Gasteiger partial charge in [0.1, 0.15) is 0 Å².